The summed E-state index contributed by atoms with van der Waals surface area (Å²) in [6, 6.07) is 9.95. The molecule has 0 saturated heterocycles. The molecule has 0 aliphatic heterocycles. The fraction of sp³-hybridized carbons (Fsp3) is 0.429. The van der Waals surface area contributed by atoms with Crippen molar-refractivity contribution < 1.29 is 4.79 Å². The van der Waals surface area contributed by atoms with Gasteiger partial charge in [0.25, 0.3) is 0 Å². The monoisotopic (exact) mass is 262 g/mol. The van der Waals surface area contributed by atoms with Crippen molar-refractivity contribution >= 4 is 23.1 Å². The van der Waals surface area contributed by atoms with Crippen LogP contribution in [0.2, 0.25) is 0 Å². The van der Waals surface area contributed by atoms with E-state index in [1.54, 1.807) is 0 Å². The third-order valence-electron chi connectivity index (χ3n) is 3.40. The van der Waals surface area contributed by atoms with Crippen molar-refractivity contribution in [2.45, 2.75) is 37.6 Å². The van der Waals surface area contributed by atoms with E-state index in [2.05, 4.69) is 5.32 Å². The van der Waals surface area contributed by atoms with Crippen molar-refractivity contribution in [1.29, 1.82) is 0 Å². The maximum atomic E-state index is 12.3. The minimum Gasteiger partial charge on any atom is -0.393 e. The number of hydrogen-bond acceptors (Lipinski definition) is 2. The highest BCUT2D eigenvalue weighted by molar-refractivity contribution is 7.80. The molecular formula is C14H18N2OS. The zero-order chi connectivity index (χ0) is 13.2. The second-order valence-corrected chi connectivity index (χ2v) is 5.52. The van der Waals surface area contributed by atoms with Crippen molar-refractivity contribution in [3.63, 3.8) is 0 Å². The van der Waals surface area contributed by atoms with Gasteiger partial charge < -0.3 is 11.1 Å². The zero-order valence-corrected chi connectivity index (χ0v) is 11.3. The number of amides is 1. The number of nitrogens with one attached hydrogen (secondary N) is 1. The highest BCUT2D eigenvalue weighted by Gasteiger charge is 2.51. The van der Waals surface area contributed by atoms with Crippen LogP contribution in [0.1, 0.15) is 31.7 Å². The molecule has 1 atom stereocenters. The zero-order valence-electron chi connectivity index (χ0n) is 10.5. The van der Waals surface area contributed by atoms with Crippen LogP contribution in [0.15, 0.2) is 30.3 Å². The lowest BCUT2D eigenvalue weighted by Gasteiger charge is -2.19. The average molecular weight is 262 g/mol. The standard InChI is InChI=1S/C14H18N2OS/c1-10(9-12(15)18)16-13(17)14(7-8-14)11-5-3-2-4-6-11/h2-6,10H,7-9H2,1H3,(H2,15,18)(H,16,17). The van der Waals surface area contributed by atoms with Gasteiger partial charge in [0, 0.05) is 12.5 Å². The Balaban J connectivity index is 2.03. The van der Waals surface area contributed by atoms with Gasteiger partial charge in [-0.3, -0.25) is 4.79 Å². The van der Waals surface area contributed by atoms with E-state index in [-0.39, 0.29) is 17.4 Å². The van der Waals surface area contributed by atoms with Crippen LogP contribution in [0.4, 0.5) is 0 Å². The second-order valence-electron chi connectivity index (χ2n) is 4.99. The van der Waals surface area contributed by atoms with E-state index >= 15 is 0 Å². The van der Waals surface area contributed by atoms with Crippen LogP contribution in [0.3, 0.4) is 0 Å². The van der Waals surface area contributed by atoms with Crippen molar-refractivity contribution in [3.8, 4) is 0 Å². The third kappa shape index (κ3) is 2.70. The summed E-state index contributed by atoms with van der Waals surface area (Å²) in [5, 5.41) is 3.01. The Hall–Kier alpha value is -1.42. The van der Waals surface area contributed by atoms with Crippen molar-refractivity contribution in [1.82, 2.24) is 5.32 Å². The summed E-state index contributed by atoms with van der Waals surface area (Å²) in [4.78, 5) is 12.8. The summed E-state index contributed by atoms with van der Waals surface area (Å²) < 4.78 is 0. The van der Waals surface area contributed by atoms with Crippen LogP contribution in [0, 0.1) is 0 Å². The van der Waals surface area contributed by atoms with E-state index in [0.29, 0.717) is 11.4 Å². The SMILES string of the molecule is CC(CC(N)=S)NC(=O)C1(c2ccccc2)CC1. The Morgan fingerprint density at radius 1 is 1.44 bits per heavy atom. The first-order valence-corrected chi connectivity index (χ1v) is 6.60. The number of hydrogen-bond donors (Lipinski definition) is 2. The molecule has 3 N–H and O–H groups in total. The molecule has 0 spiro atoms. The maximum Gasteiger partial charge on any atom is 0.230 e. The van der Waals surface area contributed by atoms with Gasteiger partial charge in [-0.2, -0.15) is 0 Å². The van der Waals surface area contributed by atoms with Crippen LogP contribution in [-0.4, -0.2) is 16.9 Å². The van der Waals surface area contributed by atoms with Gasteiger partial charge >= 0.3 is 0 Å². The Bertz CT molecular complexity index is 454. The molecule has 4 heteroatoms. The summed E-state index contributed by atoms with van der Waals surface area (Å²) >= 11 is 4.85. The van der Waals surface area contributed by atoms with Gasteiger partial charge in [0.1, 0.15) is 0 Å². The molecule has 1 amide bonds. The van der Waals surface area contributed by atoms with E-state index in [0.717, 1.165) is 18.4 Å². The number of thiocarbonyl (C=S) groups is 1. The van der Waals surface area contributed by atoms with E-state index < -0.39 is 0 Å². The Labute approximate surface area is 113 Å². The lowest BCUT2D eigenvalue weighted by atomic mass is 9.94. The highest BCUT2D eigenvalue weighted by atomic mass is 32.1. The van der Waals surface area contributed by atoms with Crippen molar-refractivity contribution in [2.75, 3.05) is 0 Å². The lowest BCUT2D eigenvalue weighted by molar-refractivity contribution is -0.124. The van der Waals surface area contributed by atoms with Crippen LogP contribution < -0.4 is 11.1 Å². The smallest absolute Gasteiger partial charge is 0.230 e. The second kappa shape index (κ2) is 5.06. The van der Waals surface area contributed by atoms with Gasteiger partial charge in [0.2, 0.25) is 5.91 Å². The van der Waals surface area contributed by atoms with Crippen LogP contribution in [-0.2, 0) is 10.2 Å². The highest BCUT2D eigenvalue weighted by Crippen LogP contribution is 2.48. The minimum absolute atomic E-state index is 0.00353. The van der Waals surface area contributed by atoms with Gasteiger partial charge in [0.05, 0.1) is 10.4 Å². The fourth-order valence-electron chi connectivity index (χ4n) is 2.24. The number of carbonyl (C=O) groups excluding carboxylic acids is 1. The minimum atomic E-state index is -0.314. The Morgan fingerprint density at radius 2 is 2.06 bits per heavy atom. The molecular weight excluding hydrogens is 244 g/mol. The van der Waals surface area contributed by atoms with Crippen molar-refractivity contribution in [2.24, 2.45) is 5.73 Å². The van der Waals surface area contributed by atoms with Gasteiger partial charge in [-0.25, -0.2) is 0 Å². The Morgan fingerprint density at radius 3 is 2.56 bits per heavy atom. The van der Waals surface area contributed by atoms with E-state index in [4.69, 9.17) is 18.0 Å². The molecule has 1 aliphatic carbocycles. The molecule has 1 saturated carbocycles. The van der Waals surface area contributed by atoms with Crippen LogP contribution in [0.25, 0.3) is 0 Å². The first kappa shape index (κ1) is 13.0. The molecule has 2 rings (SSSR count). The molecule has 1 aromatic rings. The molecule has 1 fully saturated rings. The van der Waals surface area contributed by atoms with Gasteiger partial charge in [-0.15, -0.1) is 0 Å². The fourth-order valence-corrected chi connectivity index (χ4v) is 2.49. The lowest BCUT2D eigenvalue weighted by Crippen LogP contribution is -2.41. The molecule has 1 unspecified atom stereocenters. The molecule has 0 heterocycles. The van der Waals surface area contributed by atoms with E-state index in [1.807, 2.05) is 37.3 Å². The first-order chi connectivity index (χ1) is 8.54. The number of rotatable bonds is 5. The van der Waals surface area contributed by atoms with E-state index in [9.17, 15) is 4.79 Å². The molecule has 0 bridgehead atoms. The number of benzene rings is 1. The van der Waals surface area contributed by atoms with Crippen LogP contribution >= 0.6 is 12.2 Å². The molecule has 3 nitrogen and oxygen atoms in total. The van der Waals surface area contributed by atoms with Crippen LogP contribution in [0.5, 0.6) is 0 Å². The summed E-state index contributed by atoms with van der Waals surface area (Å²) in [6.45, 7) is 1.93. The predicted molar refractivity (Wildman–Crippen MR) is 76.4 cm³/mol. The molecule has 0 aromatic heterocycles. The molecule has 1 aliphatic rings. The summed E-state index contributed by atoms with van der Waals surface area (Å²) in [5.74, 6) is 0.0949. The average Bonchev–Trinajstić information content (AvgIpc) is 3.10. The Kier molecular flexibility index (Phi) is 3.66. The van der Waals surface area contributed by atoms with Crippen molar-refractivity contribution in [3.05, 3.63) is 35.9 Å². The summed E-state index contributed by atoms with van der Waals surface area (Å²) in [7, 11) is 0. The third-order valence-corrected chi connectivity index (χ3v) is 3.56. The normalized spacial score (nSPS) is 17.8. The summed E-state index contributed by atoms with van der Waals surface area (Å²) in [6.07, 6.45) is 2.39. The van der Waals surface area contributed by atoms with Gasteiger partial charge in [0.15, 0.2) is 0 Å². The molecule has 96 valence electrons. The maximum absolute atomic E-state index is 12.3. The first-order valence-electron chi connectivity index (χ1n) is 6.19. The number of nitrogens with two attached hydrogens (primary N) is 1. The van der Waals surface area contributed by atoms with Gasteiger partial charge in [-0.1, -0.05) is 42.5 Å². The molecule has 18 heavy (non-hydrogen) atoms. The number of carbonyl (C=O) groups is 1. The van der Waals surface area contributed by atoms with E-state index in [1.165, 1.54) is 0 Å². The largest absolute Gasteiger partial charge is 0.393 e. The summed E-state index contributed by atoms with van der Waals surface area (Å²) in [5.41, 5.74) is 6.27. The molecule has 0 radical (unpaired) electrons. The topological polar surface area (TPSA) is 55.1 Å². The molecule has 1 aromatic carbocycles. The quantitative estimate of drug-likeness (QED) is 0.797. The predicted octanol–water partition coefficient (Wildman–Crippen LogP) is 1.90. The van der Waals surface area contributed by atoms with Gasteiger partial charge in [-0.05, 0) is 25.3 Å².